The van der Waals surface area contributed by atoms with E-state index in [4.69, 9.17) is 4.74 Å². The van der Waals surface area contributed by atoms with Crippen LogP contribution in [0.2, 0.25) is 0 Å². The van der Waals surface area contributed by atoms with Crippen LogP contribution in [-0.2, 0) is 22.5 Å². The lowest BCUT2D eigenvalue weighted by atomic mass is 10.1. The lowest BCUT2D eigenvalue weighted by molar-refractivity contribution is -0.140. The molecule has 2 aromatic heterocycles. The SMILES string of the molecule is Cc1nccnc1CC[C@H]1COCCN1C(=O)CCCn1ccnc1. The van der Waals surface area contributed by atoms with Crippen molar-refractivity contribution in [3.63, 3.8) is 0 Å². The van der Waals surface area contributed by atoms with E-state index in [2.05, 4.69) is 15.0 Å². The third-order valence-corrected chi connectivity index (χ3v) is 4.61. The smallest absolute Gasteiger partial charge is 0.223 e. The molecule has 1 atom stereocenters. The van der Waals surface area contributed by atoms with Crippen LogP contribution in [0.25, 0.3) is 0 Å². The van der Waals surface area contributed by atoms with Crippen LogP contribution >= 0.6 is 0 Å². The van der Waals surface area contributed by atoms with Crippen molar-refractivity contribution >= 4 is 5.91 Å². The van der Waals surface area contributed by atoms with Gasteiger partial charge in [-0.3, -0.25) is 14.8 Å². The molecule has 1 aliphatic heterocycles. The largest absolute Gasteiger partial charge is 0.377 e. The second-order valence-corrected chi connectivity index (χ2v) is 6.35. The summed E-state index contributed by atoms with van der Waals surface area (Å²) in [6, 6.07) is 0.121. The predicted molar refractivity (Wildman–Crippen MR) is 92.9 cm³/mol. The van der Waals surface area contributed by atoms with E-state index in [0.717, 1.165) is 37.2 Å². The number of aryl methyl sites for hydroxylation is 3. The van der Waals surface area contributed by atoms with Gasteiger partial charge in [-0.15, -0.1) is 0 Å². The van der Waals surface area contributed by atoms with Crippen molar-refractivity contribution in [3.8, 4) is 0 Å². The summed E-state index contributed by atoms with van der Waals surface area (Å²) in [6.45, 7) is 4.69. The summed E-state index contributed by atoms with van der Waals surface area (Å²) in [4.78, 5) is 27.3. The molecule has 134 valence electrons. The van der Waals surface area contributed by atoms with Gasteiger partial charge >= 0.3 is 0 Å². The summed E-state index contributed by atoms with van der Waals surface area (Å²) < 4.78 is 7.60. The molecule has 0 aliphatic carbocycles. The first-order valence-electron chi connectivity index (χ1n) is 8.83. The van der Waals surface area contributed by atoms with Gasteiger partial charge < -0.3 is 14.2 Å². The third kappa shape index (κ3) is 4.85. The van der Waals surface area contributed by atoms with Gasteiger partial charge in [-0.05, 0) is 26.2 Å². The summed E-state index contributed by atoms with van der Waals surface area (Å²) in [5, 5.41) is 0. The van der Waals surface area contributed by atoms with E-state index in [-0.39, 0.29) is 11.9 Å². The molecule has 1 saturated heterocycles. The molecular formula is C18H25N5O2. The molecule has 3 heterocycles. The van der Waals surface area contributed by atoms with Gasteiger partial charge in [0.25, 0.3) is 0 Å². The minimum atomic E-state index is 0.121. The normalized spacial score (nSPS) is 17.6. The quantitative estimate of drug-likeness (QED) is 0.764. The molecule has 7 nitrogen and oxygen atoms in total. The van der Waals surface area contributed by atoms with Crippen LogP contribution in [0.15, 0.2) is 31.1 Å². The number of nitrogens with zero attached hydrogens (tertiary/aromatic N) is 5. The first kappa shape index (κ1) is 17.5. The van der Waals surface area contributed by atoms with E-state index in [1.165, 1.54) is 0 Å². The van der Waals surface area contributed by atoms with Gasteiger partial charge in [0.2, 0.25) is 5.91 Å². The molecule has 0 saturated carbocycles. The summed E-state index contributed by atoms with van der Waals surface area (Å²) in [7, 11) is 0. The highest BCUT2D eigenvalue weighted by molar-refractivity contribution is 5.76. The fourth-order valence-electron chi connectivity index (χ4n) is 3.18. The van der Waals surface area contributed by atoms with Crippen LogP contribution in [0.3, 0.4) is 0 Å². The number of aromatic nitrogens is 4. The summed E-state index contributed by atoms with van der Waals surface area (Å²) in [5.74, 6) is 0.212. The summed E-state index contributed by atoms with van der Waals surface area (Å²) in [5.41, 5.74) is 1.96. The van der Waals surface area contributed by atoms with Crippen LogP contribution in [0, 0.1) is 6.92 Å². The van der Waals surface area contributed by atoms with E-state index < -0.39 is 0 Å². The van der Waals surface area contributed by atoms with Gasteiger partial charge in [-0.1, -0.05) is 0 Å². The summed E-state index contributed by atoms with van der Waals surface area (Å²) >= 11 is 0. The van der Waals surface area contributed by atoms with Crippen molar-refractivity contribution < 1.29 is 9.53 Å². The van der Waals surface area contributed by atoms with Crippen LogP contribution in [-0.4, -0.2) is 56.1 Å². The van der Waals surface area contributed by atoms with Crippen molar-refractivity contribution in [3.05, 3.63) is 42.5 Å². The molecule has 0 N–H and O–H groups in total. The number of imidazole rings is 1. The lowest BCUT2D eigenvalue weighted by Crippen LogP contribution is -2.48. The average molecular weight is 343 g/mol. The monoisotopic (exact) mass is 343 g/mol. The molecule has 7 heteroatoms. The van der Waals surface area contributed by atoms with E-state index in [9.17, 15) is 4.79 Å². The predicted octanol–water partition coefficient (Wildman–Crippen LogP) is 1.62. The zero-order valence-corrected chi connectivity index (χ0v) is 14.7. The highest BCUT2D eigenvalue weighted by Gasteiger charge is 2.26. The number of hydrogen-bond donors (Lipinski definition) is 0. The fourth-order valence-corrected chi connectivity index (χ4v) is 3.18. The highest BCUT2D eigenvalue weighted by Crippen LogP contribution is 2.16. The maximum atomic E-state index is 12.6. The first-order chi connectivity index (χ1) is 12.2. The van der Waals surface area contributed by atoms with Crippen LogP contribution in [0.4, 0.5) is 0 Å². The van der Waals surface area contributed by atoms with Crippen molar-refractivity contribution in [1.29, 1.82) is 0 Å². The molecule has 0 radical (unpaired) electrons. The van der Waals surface area contributed by atoms with Gasteiger partial charge in [0, 0.05) is 44.3 Å². The molecule has 0 aromatic carbocycles. The minimum absolute atomic E-state index is 0.121. The van der Waals surface area contributed by atoms with Gasteiger partial charge in [0.1, 0.15) is 0 Å². The Morgan fingerprint density at radius 3 is 3.00 bits per heavy atom. The minimum Gasteiger partial charge on any atom is -0.377 e. The molecule has 2 aromatic rings. The average Bonchev–Trinajstić information content (AvgIpc) is 3.15. The topological polar surface area (TPSA) is 73.1 Å². The first-order valence-corrected chi connectivity index (χ1v) is 8.83. The fraction of sp³-hybridized carbons (Fsp3) is 0.556. The van der Waals surface area contributed by atoms with Gasteiger partial charge in [-0.2, -0.15) is 0 Å². The molecule has 0 spiro atoms. The van der Waals surface area contributed by atoms with E-state index in [1.807, 2.05) is 22.6 Å². The number of ether oxygens (including phenoxy) is 1. The van der Waals surface area contributed by atoms with Gasteiger partial charge in [0.05, 0.1) is 37.0 Å². The molecule has 1 aliphatic rings. The van der Waals surface area contributed by atoms with Crippen molar-refractivity contribution in [2.45, 2.75) is 45.2 Å². The van der Waals surface area contributed by atoms with Crippen LogP contribution < -0.4 is 0 Å². The van der Waals surface area contributed by atoms with Crippen molar-refractivity contribution in [2.24, 2.45) is 0 Å². The second-order valence-electron chi connectivity index (χ2n) is 6.35. The van der Waals surface area contributed by atoms with Gasteiger partial charge in [-0.25, -0.2) is 4.98 Å². The maximum absolute atomic E-state index is 12.6. The Bertz CT molecular complexity index is 674. The Labute approximate surface area is 148 Å². The van der Waals surface area contributed by atoms with Gasteiger partial charge in [0.15, 0.2) is 0 Å². The number of carbonyl (C=O) groups excluding carboxylic acids is 1. The molecule has 3 rings (SSSR count). The molecule has 1 amide bonds. The number of amides is 1. The molecule has 0 unspecified atom stereocenters. The number of morpholine rings is 1. The second kappa shape index (κ2) is 8.71. The van der Waals surface area contributed by atoms with Crippen LogP contribution in [0.5, 0.6) is 0 Å². The highest BCUT2D eigenvalue weighted by atomic mass is 16.5. The van der Waals surface area contributed by atoms with Crippen molar-refractivity contribution in [1.82, 2.24) is 24.4 Å². The molecule has 1 fully saturated rings. The molecular weight excluding hydrogens is 318 g/mol. The van der Waals surface area contributed by atoms with Crippen molar-refractivity contribution in [2.75, 3.05) is 19.8 Å². The Balaban J connectivity index is 1.51. The van der Waals surface area contributed by atoms with Crippen LogP contribution in [0.1, 0.15) is 30.7 Å². The molecule has 25 heavy (non-hydrogen) atoms. The maximum Gasteiger partial charge on any atom is 0.223 e. The number of rotatable bonds is 7. The zero-order valence-electron chi connectivity index (χ0n) is 14.7. The summed E-state index contributed by atoms with van der Waals surface area (Å²) in [6.07, 6.45) is 11.9. The van der Waals surface area contributed by atoms with E-state index in [1.54, 1.807) is 24.9 Å². The van der Waals surface area contributed by atoms with E-state index >= 15 is 0 Å². The zero-order chi connectivity index (χ0) is 17.5. The number of carbonyl (C=O) groups is 1. The lowest BCUT2D eigenvalue weighted by Gasteiger charge is -2.36. The number of hydrogen-bond acceptors (Lipinski definition) is 5. The standard InChI is InChI=1S/C18H25N5O2/c1-15-17(21-7-6-20-15)5-4-16-13-25-12-11-23(16)18(24)3-2-9-22-10-8-19-14-22/h6-8,10,14,16H,2-5,9,11-13H2,1H3/t16-/m0/s1. The molecule has 0 bridgehead atoms. The third-order valence-electron chi connectivity index (χ3n) is 4.61. The Hall–Kier alpha value is -2.28. The Kier molecular flexibility index (Phi) is 6.11. The Morgan fingerprint density at radius 2 is 2.20 bits per heavy atom. The Morgan fingerprint density at radius 1 is 1.32 bits per heavy atom. The van der Waals surface area contributed by atoms with E-state index in [0.29, 0.717) is 26.2 Å².